The van der Waals surface area contributed by atoms with Gasteiger partial charge in [0.25, 0.3) is 0 Å². The zero-order valence-corrected chi connectivity index (χ0v) is 11.7. The van der Waals surface area contributed by atoms with Crippen molar-refractivity contribution in [3.63, 3.8) is 0 Å². The highest BCUT2D eigenvalue weighted by Gasteiger charge is 2.18. The molecule has 0 aliphatic heterocycles. The van der Waals surface area contributed by atoms with Gasteiger partial charge in [-0.15, -0.1) is 0 Å². The second-order valence-corrected chi connectivity index (χ2v) is 4.98. The van der Waals surface area contributed by atoms with Crippen molar-refractivity contribution in [2.24, 2.45) is 0 Å². The first kappa shape index (κ1) is 15.6. The van der Waals surface area contributed by atoms with Crippen molar-refractivity contribution in [1.82, 2.24) is 10.6 Å². The molecule has 6 heteroatoms. The number of thiol groups is 1. The molecule has 0 aromatic carbocycles. The summed E-state index contributed by atoms with van der Waals surface area (Å²) in [6.07, 6.45) is 2.95. The Hall–Kier alpha value is -0.360. The van der Waals surface area contributed by atoms with E-state index in [4.69, 9.17) is 0 Å². The molecule has 0 saturated carbocycles. The highest BCUT2D eigenvalue weighted by atomic mass is 32.2. The highest BCUT2D eigenvalue weighted by Crippen LogP contribution is 2.00. The molecule has 0 saturated heterocycles. The lowest BCUT2D eigenvalue weighted by Crippen LogP contribution is -2.49. The number of carbonyl (C=O) groups excluding carboxylic acids is 2. The van der Waals surface area contributed by atoms with Crippen molar-refractivity contribution in [1.29, 1.82) is 0 Å². The van der Waals surface area contributed by atoms with Gasteiger partial charge in [0, 0.05) is 18.7 Å². The van der Waals surface area contributed by atoms with Gasteiger partial charge >= 0.3 is 0 Å². The summed E-state index contributed by atoms with van der Waals surface area (Å²) in [7, 11) is 0. The molecule has 0 bridgehead atoms. The van der Waals surface area contributed by atoms with Gasteiger partial charge in [0.05, 0.1) is 0 Å². The van der Waals surface area contributed by atoms with E-state index in [2.05, 4.69) is 23.3 Å². The molecule has 0 fully saturated rings. The molecule has 0 heterocycles. The Labute approximate surface area is 107 Å². The van der Waals surface area contributed by atoms with Gasteiger partial charge in [-0.05, 0) is 25.4 Å². The van der Waals surface area contributed by atoms with E-state index < -0.39 is 6.04 Å². The third-order valence-corrected chi connectivity index (χ3v) is 3.03. The average molecular weight is 264 g/mol. The minimum Gasteiger partial charge on any atom is -0.352 e. The maximum atomic E-state index is 11.7. The van der Waals surface area contributed by atoms with Gasteiger partial charge in [-0.1, -0.05) is 0 Å². The Morgan fingerprint density at radius 3 is 2.44 bits per heavy atom. The normalized spacial score (nSPS) is 14.0. The van der Waals surface area contributed by atoms with Gasteiger partial charge < -0.3 is 10.6 Å². The van der Waals surface area contributed by atoms with Gasteiger partial charge in [0.15, 0.2) is 0 Å². The maximum absolute atomic E-state index is 11.7. The molecule has 2 atom stereocenters. The van der Waals surface area contributed by atoms with Gasteiger partial charge in [-0.2, -0.15) is 24.4 Å². The molecule has 0 radical (unpaired) electrons. The van der Waals surface area contributed by atoms with Crippen LogP contribution < -0.4 is 10.6 Å². The monoisotopic (exact) mass is 264 g/mol. The Bertz CT molecular complexity index is 237. The number of carbonyl (C=O) groups is 2. The lowest BCUT2D eigenvalue weighted by Gasteiger charge is -2.19. The maximum Gasteiger partial charge on any atom is 0.243 e. The van der Waals surface area contributed by atoms with E-state index in [0.29, 0.717) is 5.75 Å². The molecule has 4 nitrogen and oxygen atoms in total. The van der Waals surface area contributed by atoms with Crippen LogP contribution in [0.4, 0.5) is 0 Å². The summed E-state index contributed by atoms with van der Waals surface area (Å²) in [6.45, 7) is 3.35. The zero-order valence-electron chi connectivity index (χ0n) is 9.95. The van der Waals surface area contributed by atoms with Gasteiger partial charge in [0.2, 0.25) is 11.8 Å². The molecule has 94 valence electrons. The molecule has 16 heavy (non-hydrogen) atoms. The first-order valence-electron chi connectivity index (χ1n) is 5.18. The zero-order chi connectivity index (χ0) is 12.6. The van der Waals surface area contributed by atoms with Crippen LogP contribution in [0.5, 0.6) is 0 Å². The number of hydrogen-bond donors (Lipinski definition) is 3. The van der Waals surface area contributed by atoms with Crippen LogP contribution >= 0.6 is 24.4 Å². The molecule has 0 aromatic heterocycles. The largest absolute Gasteiger partial charge is 0.352 e. The minimum atomic E-state index is -0.544. The second-order valence-electron chi connectivity index (χ2n) is 3.63. The standard InChI is InChI=1S/C10H20N2O2S2/c1-7(4-5-16-3)11-10(14)9(6-15)12-8(2)13/h7,9,15H,4-6H2,1-3H3,(H,11,14)(H,12,13). The highest BCUT2D eigenvalue weighted by molar-refractivity contribution is 7.98. The Kier molecular flexibility index (Phi) is 8.56. The topological polar surface area (TPSA) is 58.2 Å². The van der Waals surface area contributed by atoms with E-state index in [-0.39, 0.29) is 17.9 Å². The number of amides is 2. The van der Waals surface area contributed by atoms with E-state index >= 15 is 0 Å². The molecule has 0 aliphatic carbocycles. The Balaban J connectivity index is 4.04. The molecule has 0 aromatic rings. The van der Waals surface area contributed by atoms with E-state index in [0.717, 1.165) is 12.2 Å². The average Bonchev–Trinajstić information content (AvgIpc) is 2.22. The summed E-state index contributed by atoms with van der Waals surface area (Å²) >= 11 is 5.79. The predicted octanol–water partition coefficient (Wildman–Crippen LogP) is 0.679. The van der Waals surface area contributed by atoms with Crippen LogP contribution in [0.2, 0.25) is 0 Å². The molecular formula is C10H20N2O2S2. The van der Waals surface area contributed by atoms with Gasteiger partial charge in [-0.25, -0.2) is 0 Å². The first-order chi connectivity index (χ1) is 7.51. The Morgan fingerprint density at radius 1 is 1.38 bits per heavy atom. The third kappa shape index (κ3) is 7.00. The lowest BCUT2D eigenvalue weighted by atomic mass is 10.2. The van der Waals surface area contributed by atoms with Crippen molar-refractivity contribution >= 4 is 36.2 Å². The summed E-state index contributed by atoms with van der Waals surface area (Å²) in [6, 6.07) is -0.423. The molecular weight excluding hydrogens is 244 g/mol. The van der Waals surface area contributed by atoms with Crippen molar-refractivity contribution in [2.45, 2.75) is 32.4 Å². The number of rotatable bonds is 7. The van der Waals surface area contributed by atoms with Crippen LogP contribution in [0.1, 0.15) is 20.3 Å². The van der Waals surface area contributed by atoms with E-state index in [1.54, 1.807) is 11.8 Å². The second kappa shape index (κ2) is 8.75. The minimum absolute atomic E-state index is 0.121. The summed E-state index contributed by atoms with van der Waals surface area (Å²) in [5, 5.41) is 5.41. The van der Waals surface area contributed by atoms with Crippen LogP contribution in [0.15, 0.2) is 0 Å². The first-order valence-corrected chi connectivity index (χ1v) is 7.21. The number of thioether (sulfide) groups is 1. The third-order valence-electron chi connectivity index (χ3n) is 2.02. The summed E-state index contributed by atoms with van der Waals surface area (Å²) in [5.74, 6) is 0.929. The molecule has 0 aliphatic rings. The molecule has 2 amide bonds. The van der Waals surface area contributed by atoms with Crippen molar-refractivity contribution < 1.29 is 9.59 Å². The SMILES string of the molecule is CSCCC(C)NC(=O)C(CS)NC(C)=O. The predicted molar refractivity (Wildman–Crippen MR) is 72.1 cm³/mol. The molecule has 0 rings (SSSR count). The fourth-order valence-corrected chi connectivity index (χ4v) is 2.00. The van der Waals surface area contributed by atoms with E-state index in [9.17, 15) is 9.59 Å². The van der Waals surface area contributed by atoms with E-state index in [1.807, 2.05) is 13.2 Å². The number of hydrogen-bond acceptors (Lipinski definition) is 4. The van der Waals surface area contributed by atoms with Crippen LogP contribution in [0.3, 0.4) is 0 Å². The van der Waals surface area contributed by atoms with Crippen LogP contribution in [0.25, 0.3) is 0 Å². The van der Waals surface area contributed by atoms with Crippen molar-refractivity contribution in [3.8, 4) is 0 Å². The fraction of sp³-hybridized carbons (Fsp3) is 0.800. The lowest BCUT2D eigenvalue weighted by molar-refractivity contribution is -0.127. The number of nitrogens with one attached hydrogen (secondary N) is 2. The summed E-state index contributed by atoms with van der Waals surface area (Å²) < 4.78 is 0. The quantitative estimate of drug-likeness (QED) is 0.593. The van der Waals surface area contributed by atoms with E-state index in [1.165, 1.54) is 6.92 Å². The summed E-state index contributed by atoms with van der Waals surface area (Å²) in [5.41, 5.74) is 0. The smallest absolute Gasteiger partial charge is 0.243 e. The van der Waals surface area contributed by atoms with Crippen LogP contribution in [-0.4, -0.2) is 41.7 Å². The molecule has 0 spiro atoms. The van der Waals surface area contributed by atoms with Crippen molar-refractivity contribution in [3.05, 3.63) is 0 Å². The van der Waals surface area contributed by atoms with Crippen LogP contribution in [-0.2, 0) is 9.59 Å². The van der Waals surface area contributed by atoms with Gasteiger partial charge in [0.1, 0.15) is 6.04 Å². The molecule has 2 N–H and O–H groups in total. The Morgan fingerprint density at radius 2 is 2.00 bits per heavy atom. The van der Waals surface area contributed by atoms with Crippen LogP contribution in [0, 0.1) is 0 Å². The molecule has 2 unspecified atom stereocenters. The van der Waals surface area contributed by atoms with Crippen molar-refractivity contribution in [2.75, 3.05) is 17.8 Å². The fourth-order valence-electron chi connectivity index (χ4n) is 1.15. The summed E-state index contributed by atoms with van der Waals surface area (Å²) in [4.78, 5) is 22.5. The van der Waals surface area contributed by atoms with Gasteiger partial charge in [-0.3, -0.25) is 9.59 Å².